The summed E-state index contributed by atoms with van der Waals surface area (Å²) in [4.78, 5) is 11.0. The number of ether oxygens (including phenoxy) is 1. The van der Waals surface area contributed by atoms with Gasteiger partial charge in [-0.05, 0) is 17.7 Å². The number of hydrogen-bond acceptors (Lipinski definition) is 2. The first-order valence-corrected chi connectivity index (χ1v) is 4.69. The van der Waals surface area contributed by atoms with E-state index in [-0.39, 0.29) is 5.56 Å². The summed E-state index contributed by atoms with van der Waals surface area (Å²) in [5, 5.41) is -1.09. The molecule has 0 spiro atoms. The molecule has 0 aliphatic rings. The maximum Gasteiger partial charge on any atom is 0.416 e. The average Bonchev–Trinajstić information content (AvgIpc) is 2.26. The molecule has 0 aliphatic heterocycles. The zero-order valence-corrected chi connectivity index (χ0v) is 8.97. The van der Waals surface area contributed by atoms with Crippen LogP contribution in [0.5, 0.6) is 0 Å². The van der Waals surface area contributed by atoms with Gasteiger partial charge in [0.15, 0.2) is 5.38 Å². The molecule has 0 fully saturated rings. The van der Waals surface area contributed by atoms with Crippen molar-refractivity contribution in [2.45, 2.75) is 11.6 Å². The Morgan fingerprint density at radius 3 is 2.19 bits per heavy atom. The minimum absolute atomic E-state index is 0.265. The Kier molecular flexibility index (Phi) is 3.80. The third-order valence-electron chi connectivity index (χ3n) is 1.94. The zero-order chi connectivity index (χ0) is 12.3. The summed E-state index contributed by atoms with van der Waals surface area (Å²) < 4.78 is 41.0. The molecular formula is C10H8ClF3O2. The fourth-order valence-electron chi connectivity index (χ4n) is 1.08. The van der Waals surface area contributed by atoms with Crippen molar-refractivity contribution in [2.75, 3.05) is 7.11 Å². The molecule has 0 amide bonds. The van der Waals surface area contributed by atoms with E-state index < -0.39 is 23.1 Å². The van der Waals surface area contributed by atoms with Gasteiger partial charge < -0.3 is 4.74 Å². The topological polar surface area (TPSA) is 26.3 Å². The van der Waals surface area contributed by atoms with Crippen molar-refractivity contribution in [1.82, 2.24) is 0 Å². The Labute approximate surface area is 95.0 Å². The largest absolute Gasteiger partial charge is 0.468 e. The van der Waals surface area contributed by atoms with Gasteiger partial charge in [-0.3, -0.25) is 4.79 Å². The van der Waals surface area contributed by atoms with Gasteiger partial charge in [-0.15, -0.1) is 11.6 Å². The van der Waals surface area contributed by atoms with Crippen LogP contribution in [0.1, 0.15) is 16.5 Å². The van der Waals surface area contributed by atoms with Gasteiger partial charge in [0, 0.05) is 0 Å². The van der Waals surface area contributed by atoms with E-state index in [9.17, 15) is 18.0 Å². The summed E-state index contributed by atoms with van der Waals surface area (Å²) in [6.07, 6.45) is -4.40. The molecule has 88 valence electrons. The number of methoxy groups -OCH3 is 1. The van der Waals surface area contributed by atoms with Gasteiger partial charge in [0.25, 0.3) is 0 Å². The van der Waals surface area contributed by atoms with Crippen LogP contribution in [0.25, 0.3) is 0 Å². The Balaban J connectivity index is 2.91. The molecular weight excluding hydrogens is 245 g/mol. The molecule has 16 heavy (non-hydrogen) atoms. The highest BCUT2D eigenvalue weighted by molar-refractivity contribution is 6.29. The van der Waals surface area contributed by atoms with E-state index in [0.717, 1.165) is 31.4 Å². The monoisotopic (exact) mass is 252 g/mol. The second-order valence-electron chi connectivity index (χ2n) is 3.01. The second-order valence-corrected chi connectivity index (χ2v) is 3.44. The molecule has 0 bridgehead atoms. The molecule has 0 radical (unpaired) electrons. The molecule has 2 nitrogen and oxygen atoms in total. The number of alkyl halides is 4. The second kappa shape index (κ2) is 4.74. The first kappa shape index (κ1) is 12.8. The predicted molar refractivity (Wildman–Crippen MR) is 52.1 cm³/mol. The van der Waals surface area contributed by atoms with Crippen LogP contribution in [-0.2, 0) is 15.7 Å². The highest BCUT2D eigenvalue weighted by Gasteiger charge is 2.30. The predicted octanol–water partition coefficient (Wildman–Crippen LogP) is 3.16. The van der Waals surface area contributed by atoms with E-state index in [4.69, 9.17) is 11.6 Å². The molecule has 0 heterocycles. The molecule has 0 aromatic heterocycles. The molecule has 0 saturated heterocycles. The van der Waals surface area contributed by atoms with Crippen LogP contribution in [0.3, 0.4) is 0 Å². The van der Waals surface area contributed by atoms with Crippen LogP contribution in [-0.4, -0.2) is 13.1 Å². The van der Waals surface area contributed by atoms with E-state index in [1.54, 1.807) is 0 Å². The van der Waals surface area contributed by atoms with Gasteiger partial charge in [0.05, 0.1) is 12.7 Å². The van der Waals surface area contributed by atoms with Crippen LogP contribution < -0.4 is 0 Å². The van der Waals surface area contributed by atoms with Crippen LogP contribution >= 0.6 is 11.6 Å². The lowest BCUT2D eigenvalue weighted by Gasteiger charge is -2.10. The fourth-order valence-corrected chi connectivity index (χ4v) is 1.32. The number of esters is 1. The standard InChI is InChI=1S/C10H8ClF3O2/c1-16-9(15)8(11)6-2-4-7(5-3-6)10(12,13)14/h2-5,8H,1H3/t8-/m1/s1. The lowest BCUT2D eigenvalue weighted by Crippen LogP contribution is -2.09. The van der Waals surface area contributed by atoms with Crippen molar-refractivity contribution < 1.29 is 22.7 Å². The molecule has 0 saturated carbocycles. The summed E-state index contributed by atoms with van der Waals surface area (Å²) in [5.41, 5.74) is -0.522. The van der Waals surface area contributed by atoms with Gasteiger partial charge in [0.1, 0.15) is 0 Å². The normalized spacial score (nSPS) is 13.3. The Morgan fingerprint density at radius 2 is 1.81 bits per heavy atom. The van der Waals surface area contributed by atoms with Crippen molar-refractivity contribution in [3.8, 4) is 0 Å². The lowest BCUT2D eigenvalue weighted by atomic mass is 10.1. The van der Waals surface area contributed by atoms with Gasteiger partial charge in [-0.25, -0.2) is 0 Å². The minimum Gasteiger partial charge on any atom is -0.468 e. The van der Waals surface area contributed by atoms with Crippen molar-refractivity contribution in [1.29, 1.82) is 0 Å². The summed E-state index contributed by atoms with van der Waals surface area (Å²) >= 11 is 5.67. The van der Waals surface area contributed by atoms with Gasteiger partial charge in [-0.1, -0.05) is 12.1 Å². The summed E-state index contributed by atoms with van der Waals surface area (Å²) in [7, 11) is 1.15. The molecule has 0 aliphatic carbocycles. The lowest BCUT2D eigenvalue weighted by molar-refractivity contribution is -0.140. The first-order valence-electron chi connectivity index (χ1n) is 4.25. The molecule has 1 atom stereocenters. The summed E-state index contributed by atoms with van der Waals surface area (Å²) in [6, 6.07) is 4.04. The summed E-state index contributed by atoms with van der Waals surface area (Å²) in [6.45, 7) is 0. The van der Waals surface area contributed by atoms with E-state index in [0.29, 0.717) is 0 Å². The maximum absolute atomic E-state index is 12.2. The fraction of sp³-hybridized carbons (Fsp3) is 0.300. The minimum atomic E-state index is -4.40. The third kappa shape index (κ3) is 2.88. The van der Waals surface area contributed by atoms with Gasteiger partial charge in [-0.2, -0.15) is 13.2 Å². The highest BCUT2D eigenvalue weighted by Crippen LogP contribution is 2.31. The first-order chi connectivity index (χ1) is 7.36. The number of benzene rings is 1. The van der Waals surface area contributed by atoms with Crippen LogP contribution in [0.2, 0.25) is 0 Å². The molecule has 6 heteroatoms. The number of carbonyl (C=O) groups excluding carboxylic acids is 1. The highest BCUT2D eigenvalue weighted by atomic mass is 35.5. The molecule has 1 rings (SSSR count). The van der Waals surface area contributed by atoms with Crippen molar-refractivity contribution >= 4 is 17.6 Å². The quantitative estimate of drug-likeness (QED) is 0.597. The number of carbonyl (C=O) groups is 1. The Morgan fingerprint density at radius 1 is 1.31 bits per heavy atom. The van der Waals surface area contributed by atoms with E-state index in [1.807, 2.05) is 0 Å². The molecule has 1 aromatic carbocycles. The molecule has 1 aromatic rings. The van der Waals surface area contributed by atoms with Crippen molar-refractivity contribution in [3.05, 3.63) is 35.4 Å². The Hall–Kier alpha value is -1.23. The molecule has 0 N–H and O–H groups in total. The average molecular weight is 253 g/mol. The Bertz CT molecular complexity index is 373. The maximum atomic E-state index is 12.2. The molecule has 0 unspecified atom stereocenters. The zero-order valence-electron chi connectivity index (χ0n) is 8.22. The van der Waals surface area contributed by atoms with Crippen LogP contribution in [0.4, 0.5) is 13.2 Å². The summed E-state index contributed by atoms with van der Waals surface area (Å²) in [5.74, 6) is -0.707. The SMILES string of the molecule is COC(=O)[C@H](Cl)c1ccc(C(F)(F)F)cc1. The van der Waals surface area contributed by atoms with Crippen LogP contribution in [0.15, 0.2) is 24.3 Å². The number of hydrogen-bond donors (Lipinski definition) is 0. The van der Waals surface area contributed by atoms with E-state index >= 15 is 0 Å². The third-order valence-corrected chi connectivity index (χ3v) is 2.37. The number of halogens is 4. The van der Waals surface area contributed by atoms with Gasteiger partial charge >= 0.3 is 12.1 Å². The smallest absolute Gasteiger partial charge is 0.416 e. The van der Waals surface area contributed by atoms with E-state index in [2.05, 4.69) is 4.74 Å². The number of rotatable bonds is 2. The van der Waals surface area contributed by atoms with Gasteiger partial charge in [0.2, 0.25) is 0 Å². The van der Waals surface area contributed by atoms with E-state index in [1.165, 1.54) is 0 Å². The van der Waals surface area contributed by atoms with Crippen molar-refractivity contribution in [2.24, 2.45) is 0 Å². The van der Waals surface area contributed by atoms with Crippen molar-refractivity contribution in [3.63, 3.8) is 0 Å². The van der Waals surface area contributed by atoms with Crippen LogP contribution in [0, 0.1) is 0 Å².